The van der Waals surface area contributed by atoms with Crippen LogP contribution < -0.4 is 9.47 Å². The van der Waals surface area contributed by atoms with Crippen molar-refractivity contribution in [2.45, 2.75) is 27.1 Å². The van der Waals surface area contributed by atoms with Gasteiger partial charge in [0.25, 0.3) is 0 Å². The minimum atomic E-state index is -4.70. The molecule has 0 saturated carbocycles. The molecule has 0 aliphatic carbocycles. The molecule has 0 aliphatic heterocycles. The van der Waals surface area contributed by atoms with E-state index in [0.717, 1.165) is 5.56 Å². The monoisotopic (exact) mass is 346 g/mol. The van der Waals surface area contributed by atoms with Crippen LogP contribution in [0.25, 0.3) is 5.69 Å². The predicted octanol–water partition coefficient (Wildman–Crippen LogP) is 4.13. The molecule has 0 amide bonds. The van der Waals surface area contributed by atoms with Crippen LogP contribution in [0.1, 0.15) is 19.4 Å². The quantitative estimate of drug-likeness (QED) is 0.738. The molecule has 8 heteroatoms. The number of aromatic nitrogens is 2. The van der Waals surface area contributed by atoms with E-state index >= 15 is 0 Å². The first kappa shape index (κ1) is 19.8. The lowest BCUT2D eigenvalue weighted by Gasteiger charge is -2.09. The second kappa shape index (κ2) is 9.17. The van der Waals surface area contributed by atoms with Crippen molar-refractivity contribution >= 4 is 0 Å². The van der Waals surface area contributed by atoms with Gasteiger partial charge in [-0.3, -0.25) is 0 Å². The average molecular weight is 346 g/mol. The lowest BCUT2D eigenvalue weighted by molar-refractivity contribution is -0.274. The van der Waals surface area contributed by atoms with Gasteiger partial charge in [-0.15, -0.1) is 18.3 Å². The van der Waals surface area contributed by atoms with E-state index in [-0.39, 0.29) is 5.75 Å². The van der Waals surface area contributed by atoms with E-state index in [4.69, 9.17) is 9.47 Å². The highest BCUT2D eigenvalue weighted by molar-refractivity contribution is 5.38. The van der Waals surface area contributed by atoms with Crippen LogP contribution in [0.3, 0.4) is 0 Å². The van der Waals surface area contributed by atoms with Gasteiger partial charge in [-0.1, -0.05) is 13.8 Å². The first-order valence-electron chi connectivity index (χ1n) is 7.43. The van der Waals surface area contributed by atoms with E-state index in [0.29, 0.717) is 24.8 Å². The third-order valence-electron chi connectivity index (χ3n) is 2.71. The van der Waals surface area contributed by atoms with Crippen LogP contribution in [0.5, 0.6) is 11.6 Å². The Balaban J connectivity index is 0.00000139. The van der Waals surface area contributed by atoms with Gasteiger partial charge in [-0.2, -0.15) is 0 Å². The van der Waals surface area contributed by atoms with Crippen molar-refractivity contribution in [3.8, 4) is 17.3 Å². The first-order chi connectivity index (χ1) is 11.4. The number of aryl methyl sites for hydroxylation is 1. The number of nitrogens with zero attached hydrogens (tertiary/aromatic N) is 2. The Labute approximate surface area is 138 Å². The van der Waals surface area contributed by atoms with Crippen molar-refractivity contribution in [3.05, 3.63) is 36.0 Å². The van der Waals surface area contributed by atoms with Gasteiger partial charge in [0.2, 0.25) is 5.88 Å². The fraction of sp³-hybridized carbons (Fsp3) is 0.438. The van der Waals surface area contributed by atoms with Crippen molar-refractivity contribution in [2.75, 3.05) is 20.3 Å². The Kier molecular flexibility index (Phi) is 7.57. The molecule has 2 rings (SSSR count). The highest BCUT2D eigenvalue weighted by Crippen LogP contribution is 2.24. The molecule has 2 aromatic rings. The minimum absolute atomic E-state index is 0.281. The molecule has 0 saturated heterocycles. The fourth-order valence-corrected chi connectivity index (χ4v) is 1.74. The van der Waals surface area contributed by atoms with Crippen molar-refractivity contribution in [2.24, 2.45) is 0 Å². The zero-order chi connectivity index (χ0) is 18.2. The summed E-state index contributed by atoms with van der Waals surface area (Å²) in [6.45, 7) is 6.63. The first-order valence-corrected chi connectivity index (χ1v) is 7.43. The number of ether oxygens (including phenoxy) is 3. The van der Waals surface area contributed by atoms with E-state index in [2.05, 4.69) is 9.84 Å². The number of benzene rings is 1. The van der Waals surface area contributed by atoms with Crippen LogP contribution in [0, 0.1) is 6.92 Å². The van der Waals surface area contributed by atoms with E-state index in [1.165, 1.54) is 28.9 Å². The molecule has 1 aromatic heterocycles. The lowest BCUT2D eigenvalue weighted by Crippen LogP contribution is -2.17. The summed E-state index contributed by atoms with van der Waals surface area (Å²) in [5.41, 5.74) is 1.41. The number of hydrogen-bond donors (Lipinski definition) is 0. The summed E-state index contributed by atoms with van der Waals surface area (Å²) in [5, 5.41) is 4.23. The molecule has 0 fully saturated rings. The van der Waals surface area contributed by atoms with Crippen molar-refractivity contribution in [1.82, 2.24) is 9.78 Å². The summed E-state index contributed by atoms with van der Waals surface area (Å²) in [6, 6.07) is 5.41. The maximum atomic E-state index is 12.1. The lowest BCUT2D eigenvalue weighted by atomic mass is 10.3. The molecule has 0 spiro atoms. The third kappa shape index (κ3) is 6.11. The molecule has 5 nitrogen and oxygen atoms in total. The molecule has 1 heterocycles. The number of methoxy groups -OCH3 is 1. The Morgan fingerprint density at radius 3 is 2.25 bits per heavy atom. The second-order valence-corrected chi connectivity index (χ2v) is 4.44. The van der Waals surface area contributed by atoms with Crippen LogP contribution in [-0.4, -0.2) is 36.5 Å². The van der Waals surface area contributed by atoms with Gasteiger partial charge in [-0.05, 0) is 31.2 Å². The third-order valence-corrected chi connectivity index (χ3v) is 2.71. The average Bonchev–Trinajstić information content (AvgIpc) is 2.90. The molecule has 0 atom stereocenters. The molecule has 134 valence electrons. The SMILES string of the molecule is CC.COCCOc1nn(-c2ccc(OC(F)(F)F)cc2)cc1C. The smallest absolute Gasteiger partial charge is 0.474 e. The van der Waals surface area contributed by atoms with Crippen LogP contribution in [0.2, 0.25) is 0 Å². The highest BCUT2D eigenvalue weighted by Gasteiger charge is 2.30. The van der Waals surface area contributed by atoms with Gasteiger partial charge in [0.05, 0.1) is 12.3 Å². The van der Waals surface area contributed by atoms with Gasteiger partial charge in [0, 0.05) is 18.9 Å². The topological polar surface area (TPSA) is 45.5 Å². The zero-order valence-electron chi connectivity index (χ0n) is 14.1. The van der Waals surface area contributed by atoms with Gasteiger partial charge >= 0.3 is 6.36 Å². The predicted molar refractivity (Wildman–Crippen MR) is 83.7 cm³/mol. The molecular weight excluding hydrogens is 325 g/mol. The Hall–Kier alpha value is -2.22. The van der Waals surface area contributed by atoms with Crippen LogP contribution in [-0.2, 0) is 4.74 Å². The van der Waals surface area contributed by atoms with Gasteiger partial charge in [0.1, 0.15) is 12.4 Å². The summed E-state index contributed by atoms with van der Waals surface area (Å²) in [4.78, 5) is 0. The Morgan fingerprint density at radius 2 is 1.71 bits per heavy atom. The molecule has 0 unspecified atom stereocenters. The van der Waals surface area contributed by atoms with E-state index in [9.17, 15) is 13.2 Å². The van der Waals surface area contributed by atoms with Gasteiger partial charge in [-0.25, -0.2) is 4.68 Å². The second-order valence-electron chi connectivity index (χ2n) is 4.44. The molecule has 0 radical (unpaired) electrons. The Morgan fingerprint density at radius 1 is 1.08 bits per heavy atom. The zero-order valence-corrected chi connectivity index (χ0v) is 14.1. The molecular formula is C16H21F3N2O3. The number of rotatable bonds is 6. The maximum Gasteiger partial charge on any atom is 0.573 e. The summed E-state index contributed by atoms with van der Waals surface area (Å²) in [5.74, 6) is 0.171. The minimum Gasteiger partial charge on any atom is -0.474 e. The van der Waals surface area contributed by atoms with Crippen LogP contribution in [0.15, 0.2) is 30.5 Å². The number of hydrogen-bond acceptors (Lipinski definition) is 4. The van der Waals surface area contributed by atoms with Gasteiger partial charge in [0.15, 0.2) is 0 Å². The standard InChI is InChI=1S/C14H15F3N2O3.C2H6/c1-10-9-19(18-13(10)21-8-7-20-2)11-3-5-12(6-4-11)22-14(15,16)17;1-2/h3-6,9H,7-8H2,1-2H3;1-2H3. The molecule has 0 N–H and O–H groups in total. The largest absolute Gasteiger partial charge is 0.573 e. The summed E-state index contributed by atoms with van der Waals surface area (Å²) < 4.78 is 52.0. The number of halogens is 3. The maximum absolute atomic E-state index is 12.1. The fourth-order valence-electron chi connectivity index (χ4n) is 1.74. The number of alkyl halides is 3. The molecule has 24 heavy (non-hydrogen) atoms. The van der Waals surface area contributed by atoms with Crippen molar-refractivity contribution < 1.29 is 27.4 Å². The van der Waals surface area contributed by atoms with Crippen molar-refractivity contribution in [1.29, 1.82) is 0 Å². The van der Waals surface area contributed by atoms with E-state index < -0.39 is 6.36 Å². The summed E-state index contributed by atoms with van der Waals surface area (Å²) >= 11 is 0. The molecule has 0 aliphatic rings. The van der Waals surface area contributed by atoms with E-state index in [1.54, 1.807) is 13.3 Å². The normalized spacial score (nSPS) is 10.8. The highest BCUT2D eigenvalue weighted by atomic mass is 19.4. The van der Waals surface area contributed by atoms with Crippen LogP contribution in [0.4, 0.5) is 13.2 Å². The molecule has 1 aromatic carbocycles. The van der Waals surface area contributed by atoms with Gasteiger partial charge < -0.3 is 14.2 Å². The van der Waals surface area contributed by atoms with Crippen molar-refractivity contribution in [3.63, 3.8) is 0 Å². The summed E-state index contributed by atoms with van der Waals surface area (Å²) in [7, 11) is 1.57. The van der Waals surface area contributed by atoms with Crippen LogP contribution >= 0.6 is 0 Å². The molecule has 0 bridgehead atoms. The van der Waals surface area contributed by atoms with E-state index in [1.807, 2.05) is 20.8 Å². The summed E-state index contributed by atoms with van der Waals surface area (Å²) in [6.07, 6.45) is -2.98. The Bertz CT molecular complexity index is 610.